The van der Waals surface area contributed by atoms with Crippen LogP contribution in [0.5, 0.6) is 0 Å². The van der Waals surface area contributed by atoms with E-state index in [0.717, 1.165) is 12.8 Å². The maximum atomic E-state index is 12.4. The summed E-state index contributed by atoms with van der Waals surface area (Å²) in [5.74, 6) is -1.01. The third-order valence-electron chi connectivity index (χ3n) is 4.56. The first-order chi connectivity index (χ1) is 12.8. The molecule has 1 amide bonds. The van der Waals surface area contributed by atoms with E-state index in [9.17, 15) is 18.0 Å². The van der Waals surface area contributed by atoms with Crippen LogP contribution in [-0.2, 0) is 24.3 Å². The van der Waals surface area contributed by atoms with E-state index in [-0.39, 0.29) is 35.1 Å². The van der Waals surface area contributed by atoms with Crippen molar-refractivity contribution in [1.82, 2.24) is 9.62 Å². The predicted molar refractivity (Wildman–Crippen MR) is 96.8 cm³/mol. The molecule has 0 spiro atoms. The van der Waals surface area contributed by atoms with E-state index in [4.69, 9.17) is 9.47 Å². The van der Waals surface area contributed by atoms with Crippen LogP contribution < -0.4 is 4.72 Å². The summed E-state index contributed by atoms with van der Waals surface area (Å²) in [5, 5.41) is 0. The molecule has 148 valence electrons. The quantitative estimate of drug-likeness (QED) is 0.715. The lowest BCUT2D eigenvalue weighted by atomic mass is 10.1. The monoisotopic (exact) mass is 396 g/mol. The molecule has 8 nitrogen and oxygen atoms in total. The van der Waals surface area contributed by atoms with Gasteiger partial charge in [0.05, 0.1) is 23.2 Å². The SMILES string of the molecule is Cc1ccc(S(=O)(=O)NC2CC2)cc1C(=O)OCC(=O)N1CCOC(C)C1. The molecule has 0 radical (unpaired) electrons. The number of carbonyl (C=O) groups excluding carboxylic acids is 2. The Bertz CT molecular complexity index is 834. The van der Waals surface area contributed by atoms with Crippen molar-refractivity contribution in [2.24, 2.45) is 0 Å². The van der Waals surface area contributed by atoms with Gasteiger partial charge in [0.2, 0.25) is 10.0 Å². The highest BCUT2D eigenvalue weighted by Crippen LogP contribution is 2.23. The third kappa shape index (κ3) is 5.06. The van der Waals surface area contributed by atoms with Gasteiger partial charge in [-0.3, -0.25) is 4.79 Å². The Morgan fingerprint density at radius 1 is 1.33 bits per heavy atom. The molecule has 1 saturated heterocycles. The lowest BCUT2D eigenvalue weighted by molar-refractivity contribution is -0.141. The molecule has 1 aromatic carbocycles. The van der Waals surface area contributed by atoms with E-state index in [2.05, 4.69) is 4.72 Å². The molecule has 0 aromatic heterocycles. The molecule has 0 bridgehead atoms. The van der Waals surface area contributed by atoms with Crippen molar-refractivity contribution in [2.45, 2.75) is 43.7 Å². The Morgan fingerprint density at radius 3 is 2.74 bits per heavy atom. The number of hydrogen-bond acceptors (Lipinski definition) is 6. The molecule has 1 N–H and O–H groups in total. The first kappa shape index (κ1) is 19.8. The van der Waals surface area contributed by atoms with Gasteiger partial charge in [0.15, 0.2) is 6.61 Å². The van der Waals surface area contributed by atoms with Crippen molar-refractivity contribution in [1.29, 1.82) is 0 Å². The van der Waals surface area contributed by atoms with Crippen LogP contribution in [0.2, 0.25) is 0 Å². The lowest BCUT2D eigenvalue weighted by Gasteiger charge is -2.30. The number of ether oxygens (including phenoxy) is 2. The summed E-state index contributed by atoms with van der Waals surface area (Å²) in [6.07, 6.45) is 1.59. The largest absolute Gasteiger partial charge is 0.452 e. The molecule has 1 unspecified atom stereocenters. The number of aryl methyl sites for hydroxylation is 1. The van der Waals surface area contributed by atoms with Gasteiger partial charge in [-0.05, 0) is 44.4 Å². The van der Waals surface area contributed by atoms with Crippen molar-refractivity contribution in [3.05, 3.63) is 29.3 Å². The Kier molecular flexibility index (Phi) is 5.83. The van der Waals surface area contributed by atoms with E-state index in [1.165, 1.54) is 12.1 Å². The van der Waals surface area contributed by atoms with E-state index in [1.807, 2.05) is 6.92 Å². The van der Waals surface area contributed by atoms with E-state index in [0.29, 0.717) is 25.3 Å². The molecule has 1 aliphatic heterocycles. The number of morpholine rings is 1. The lowest BCUT2D eigenvalue weighted by Crippen LogP contribution is -2.46. The third-order valence-corrected chi connectivity index (χ3v) is 6.08. The Morgan fingerprint density at radius 2 is 2.07 bits per heavy atom. The molecular formula is C18H24N2O6S. The normalized spacial score (nSPS) is 20.4. The fourth-order valence-corrected chi connectivity index (χ4v) is 4.15. The van der Waals surface area contributed by atoms with Gasteiger partial charge in [0.25, 0.3) is 5.91 Å². The van der Waals surface area contributed by atoms with Crippen LogP contribution in [0.4, 0.5) is 0 Å². The summed E-state index contributed by atoms with van der Waals surface area (Å²) in [4.78, 5) is 26.2. The highest BCUT2D eigenvalue weighted by atomic mass is 32.2. The maximum absolute atomic E-state index is 12.4. The summed E-state index contributed by atoms with van der Waals surface area (Å²) in [6, 6.07) is 4.28. The molecule has 3 rings (SSSR count). The van der Waals surface area contributed by atoms with Crippen LogP contribution in [0.25, 0.3) is 0 Å². The minimum Gasteiger partial charge on any atom is -0.452 e. The number of nitrogens with zero attached hydrogens (tertiary/aromatic N) is 1. The number of carbonyl (C=O) groups is 2. The molecule has 9 heteroatoms. The van der Waals surface area contributed by atoms with Crippen LogP contribution >= 0.6 is 0 Å². The number of hydrogen-bond donors (Lipinski definition) is 1. The number of esters is 1. The fraction of sp³-hybridized carbons (Fsp3) is 0.556. The second-order valence-electron chi connectivity index (χ2n) is 6.97. The zero-order valence-corrected chi connectivity index (χ0v) is 16.3. The average Bonchev–Trinajstić information content (AvgIpc) is 3.42. The van der Waals surface area contributed by atoms with Gasteiger partial charge in [-0.2, -0.15) is 0 Å². The Hall–Kier alpha value is -1.97. The molecular weight excluding hydrogens is 372 g/mol. The van der Waals surface area contributed by atoms with Crippen molar-refractivity contribution >= 4 is 21.9 Å². The van der Waals surface area contributed by atoms with Crippen LogP contribution in [0.3, 0.4) is 0 Å². The van der Waals surface area contributed by atoms with E-state index in [1.54, 1.807) is 17.9 Å². The number of sulfonamides is 1. The smallest absolute Gasteiger partial charge is 0.338 e. The van der Waals surface area contributed by atoms with Gasteiger partial charge in [-0.1, -0.05) is 6.07 Å². The van der Waals surface area contributed by atoms with Gasteiger partial charge in [-0.25, -0.2) is 17.9 Å². The Balaban J connectivity index is 1.65. The van der Waals surface area contributed by atoms with Crippen molar-refractivity contribution in [3.63, 3.8) is 0 Å². The minimum atomic E-state index is -3.67. The maximum Gasteiger partial charge on any atom is 0.338 e. The van der Waals surface area contributed by atoms with Crippen molar-refractivity contribution in [3.8, 4) is 0 Å². The fourth-order valence-electron chi connectivity index (χ4n) is 2.82. The highest BCUT2D eigenvalue weighted by Gasteiger charge is 2.29. The standard InChI is InChI=1S/C18H24N2O6S/c1-12-3-6-15(27(23,24)19-14-4-5-14)9-16(12)18(22)26-11-17(21)20-7-8-25-13(2)10-20/h3,6,9,13-14,19H,4-5,7-8,10-11H2,1-2H3. The summed E-state index contributed by atoms with van der Waals surface area (Å²) in [7, 11) is -3.67. The number of benzene rings is 1. The van der Waals surface area contributed by atoms with Crippen LogP contribution in [0, 0.1) is 6.92 Å². The second kappa shape index (κ2) is 7.95. The molecule has 2 fully saturated rings. The first-order valence-electron chi connectivity index (χ1n) is 8.96. The van der Waals surface area contributed by atoms with E-state index < -0.39 is 16.0 Å². The number of rotatable bonds is 6. The first-order valence-corrected chi connectivity index (χ1v) is 10.4. The average molecular weight is 396 g/mol. The molecule has 1 aromatic rings. The summed E-state index contributed by atoms with van der Waals surface area (Å²) in [6.45, 7) is 4.54. The van der Waals surface area contributed by atoms with Crippen LogP contribution in [-0.4, -0.2) is 63.6 Å². The molecule has 2 aliphatic rings. The van der Waals surface area contributed by atoms with Gasteiger partial charge in [0.1, 0.15) is 0 Å². The van der Waals surface area contributed by atoms with Crippen LogP contribution in [0.15, 0.2) is 23.1 Å². The molecule has 1 heterocycles. The number of nitrogens with one attached hydrogen (secondary N) is 1. The molecule has 1 aliphatic carbocycles. The topological polar surface area (TPSA) is 102 Å². The summed E-state index contributed by atoms with van der Waals surface area (Å²) in [5.41, 5.74) is 0.717. The summed E-state index contributed by atoms with van der Waals surface area (Å²) < 4.78 is 37.8. The number of amides is 1. The van der Waals surface area contributed by atoms with Gasteiger partial charge in [0, 0.05) is 19.1 Å². The van der Waals surface area contributed by atoms with Crippen LogP contribution in [0.1, 0.15) is 35.7 Å². The Labute approximate surface area is 158 Å². The predicted octanol–water partition coefficient (Wildman–Crippen LogP) is 0.840. The molecule has 1 saturated carbocycles. The highest BCUT2D eigenvalue weighted by molar-refractivity contribution is 7.89. The van der Waals surface area contributed by atoms with Gasteiger partial charge in [-0.15, -0.1) is 0 Å². The van der Waals surface area contributed by atoms with Crippen molar-refractivity contribution < 1.29 is 27.5 Å². The zero-order chi connectivity index (χ0) is 19.6. The molecule has 27 heavy (non-hydrogen) atoms. The van der Waals surface area contributed by atoms with E-state index >= 15 is 0 Å². The summed E-state index contributed by atoms with van der Waals surface area (Å²) >= 11 is 0. The zero-order valence-electron chi connectivity index (χ0n) is 15.4. The van der Waals surface area contributed by atoms with Gasteiger partial charge >= 0.3 is 5.97 Å². The molecule has 1 atom stereocenters. The second-order valence-corrected chi connectivity index (χ2v) is 8.68. The minimum absolute atomic E-state index is 0.0141. The van der Waals surface area contributed by atoms with Gasteiger partial charge < -0.3 is 14.4 Å². The van der Waals surface area contributed by atoms with Crippen molar-refractivity contribution in [2.75, 3.05) is 26.3 Å².